The van der Waals surface area contributed by atoms with Gasteiger partial charge >= 0.3 is 0 Å². The van der Waals surface area contributed by atoms with Gasteiger partial charge in [-0.05, 0) is 33.2 Å². The average molecular weight is 228 g/mol. The first-order chi connectivity index (χ1) is 7.65. The fourth-order valence-electron chi connectivity index (χ4n) is 2.12. The third-order valence-electron chi connectivity index (χ3n) is 3.12. The van der Waals surface area contributed by atoms with Crippen LogP contribution in [-0.4, -0.2) is 50.2 Å². The lowest BCUT2D eigenvalue weighted by Gasteiger charge is -2.30. The number of carbonyl (C=O) groups is 1. The van der Waals surface area contributed by atoms with Gasteiger partial charge in [0.15, 0.2) is 0 Å². The molecule has 0 unspecified atom stereocenters. The van der Waals surface area contributed by atoms with E-state index < -0.39 is 0 Å². The Hall–Kier alpha value is -0.610. The van der Waals surface area contributed by atoms with Crippen LogP contribution in [0.3, 0.4) is 0 Å². The van der Waals surface area contributed by atoms with Crippen LogP contribution in [0.2, 0.25) is 0 Å². The number of piperidine rings is 1. The highest BCUT2D eigenvalue weighted by Gasteiger charge is 2.26. The van der Waals surface area contributed by atoms with E-state index in [1.165, 1.54) is 0 Å². The fraction of sp³-hybridized carbons (Fsp3) is 0.917. The summed E-state index contributed by atoms with van der Waals surface area (Å²) in [5.41, 5.74) is 0. The van der Waals surface area contributed by atoms with E-state index in [-0.39, 0.29) is 11.8 Å². The van der Waals surface area contributed by atoms with Crippen LogP contribution in [0, 0.1) is 5.92 Å². The minimum atomic E-state index is 0.197. The average Bonchev–Trinajstić information content (AvgIpc) is 2.28. The number of hydrogen-bond donors (Lipinski definition) is 1. The van der Waals surface area contributed by atoms with Gasteiger partial charge in [-0.3, -0.25) is 4.79 Å². The lowest BCUT2D eigenvalue weighted by Crippen LogP contribution is -2.43. The van der Waals surface area contributed by atoms with Gasteiger partial charge in [-0.25, -0.2) is 0 Å². The van der Waals surface area contributed by atoms with Crippen molar-refractivity contribution in [3.63, 3.8) is 0 Å². The smallest absolute Gasteiger partial charge is 0.225 e. The zero-order chi connectivity index (χ0) is 12.0. The molecule has 0 aromatic heterocycles. The van der Waals surface area contributed by atoms with E-state index in [0.29, 0.717) is 25.8 Å². The van der Waals surface area contributed by atoms with Crippen LogP contribution in [0.25, 0.3) is 0 Å². The number of hydrogen-bond acceptors (Lipinski definition) is 3. The van der Waals surface area contributed by atoms with E-state index in [4.69, 9.17) is 4.74 Å². The third-order valence-corrected chi connectivity index (χ3v) is 3.12. The Morgan fingerprint density at radius 2 is 2.31 bits per heavy atom. The molecular weight excluding hydrogens is 204 g/mol. The maximum atomic E-state index is 12.1. The molecule has 1 amide bonds. The van der Waals surface area contributed by atoms with Crippen LogP contribution in [0.15, 0.2) is 0 Å². The molecule has 0 aromatic rings. The van der Waals surface area contributed by atoms with Crippen molar-refractivity contribution in [2.45, 2.75) is 32.7 Å². The van der Waals surface area contributed by atoms with Crippen molar-refractivity contribution < 1.29 is 9.53 Å². The predicted octanol–water partition coefficient (Wildman–Crippen LogP) is 0.869. The monoisotopic (exact) mass is 228 g/mol. The van der Waals surface area contributed by atoms with Crippen LogP contribution in [-0.2, 0) is 9.53 Å². The molecule has 0 saturated carbocycles. The van der Waals surface area contributed by atoms with E-state index in [1.807, 2.05) is 14.0 Å². The maximum Gasteiger partial charge on any atom is 0.225 e. The Morgan fingerprint density at radius 3 is 2.94 bits per heavy atom. The molecule has 1 aliphatic heterocycles. The van der Waals surface area contributed by atoms with Gasteiger partial charge in [0.2, 0.25) is 5.91 Å². The van der Waals surface area contributed by atoms with Crippen molar-refractivity contribution in [2.24, 2.45) is 5.92 Å². The van der Waals surface area contributed by atoms with Crippen LogP contribution in [0.1, 0.15) is 26.7 Å². The number of nitrogens with one attached hydrogen (secondary N) is 1. The van der Waals surface area contributed by atoms with E-state index in [0.717, 1.165) is 19.4 Å². The summed E-state index contributed by atoms with van der Waals surface area (Å²) in [6, 6.07) is 0.461. The van der Waals surface area contributed by atoms with Crippen molar-refractivity contribution in [1.82, 2.24) is 10.2 Å². The van der Waals surface area contributed by atoms with Gasteiger partial charge < -0.3 is 15.0 Å². The summed E-state index contributed by atoms with van der Waals surface area (Å²) in [5.74, 6) is 0.468. The Morgan fingerprint density at radius 1 is 1.56 bits per heavy atom. The molecule has 0 bridgehead atoms. The molecule has 1 aliphatic rings. The van der Waals surface area contributed by atoms with Crippen LogP contribution >= 0.6 is 0 Å². The molecule has 4 nitrogen and oxygen atoms in total. The Labute approximate surface area is 98.3 Å². The zero-order valence-electron chi connectivity index (χ0n) is 10.7. The molecule has 0 radical (unpaired) electrons. The highest BCUT2D eigenvalue weighted by Crippen LogP contribution is 2.18. The van der Waals surface area contributed by atoms with Gasteiger partial charge in [-0.15, -0.1) is 0 Å². The normalized spacial score (nSPS) is 25.4. The lowest BCUT2D eigenvalue weighted by molar-refractivity contribution is -0.136. The van der Waals surface area contributed by atoms with Crippen molar-refractivity contribution >= 4 is 5.91 Å². The Bertz CT molecular complexity index is 221. The summed E-state index contributed by atoms with van der Waals surface area (Å²) in [5, 5.41) is 3.36. The second-order valence-corrected chi connectivity index (χ2v) is 4.53. The lowest BCUT2D eigenvalue weighted by atomic mass is 9.92. The number of amides is 1. The molecule has 94 valence electrons. The van der Waals surface area contributed by atoms with Crippen LogP contribution in [0.5, 0.6) is 0 Å². The molecule has 16 heavy (non-hydrogen) atoms. The first-order valence-corrected chi connectivity index (χ1v) is 6.21. The summed E-state index contributed by atoms with van der Waals surface area (Å²) in [4.78, 5) is 13.9. The van der Waals surface area contributed by atoms with Crippen LogP contribution < -0.4 is 5.32 Å². The number of nitrogens with zero attached hydrogens (tertiary/aromatic N) is 1. The third kappa shape index (κ3) is 4.10. The van der Waals surface area contributed by atoms with Gasteiger partial charge in [-0.2, -0.15) is 0 Å². The van der Waals surface area contributed by atoms with Crippen molar-refractivity contribution in [3.8, 4) is 0 Å². The molecule has 1 saturated heterocycles. The summed E-state index contributed by atoms with van der Waals surface area (Å²) in [7, 11) is 1.87. The molecule has 4 heteroatoms. The van der Waals surface area contributed by atoms with Gasteiger partial charge in [-0.1, -0.05) is 0 Å². The summed E-state index contributed by atoms with van der Waals surface area (Å²) in [6.45, 7) is 7.11. The number of ether oxygens (including phenoxy) is 1. The molecular formula is C12H24N2O2. The Balaban J connectivity index is 2.31. The topological polar surface area (TPSA) is 41.6 Å². The van der Waals surface area contributed by atoms with E-state index >= 15 is 0 Å². The van der Waals surface area contributed by atoms with Gasteiger partial charge in [0.25, 0.3) is 0 Å². The summed E-state index contributed by atoms with van der Waals surface area (Å²) in [6.07, 6.45) is 1.92. The quantitative estimate of drug-likeness (QED) is 0.710. The minimum Gasteiger partial charge on any atom is -0.380 e. The van der Waals surface area contributed by atoms with E-state index in [2.05, 4.69) is 12.2 Å². The molecule has 1 fully saturated rings. The molecule has 1 N–H and O–H groups in total. The van der Waals surface area contributed by atoms with Crippen molar-refractivity contribution in [3.05, 3.63) is 0 Å². The first kappa shape index (κ1) is 13.5. The van der Waals surface area contributed by atoms with E-state index in [9.17, 15) is 4.79 Å². The summed E-state index contributed by atoms with van der Waals surface area (Å²) >= 11 is 0. The van der Waals surface area contributed by atoms with Gasteiger partial charge in [0.1, 0.15) is 0 Å². The molecule has 1 rings (SSSR count). The SMILES string of the molecule is CCOCCN(C)C(=O)[C@H]1CCN[C@@H](C)C1. The molecule has 2 atom stereocenters. The molecule has 1 heterocycles. The second kappa shape index (κ2) is 6.86. The fourth-order valence-corrected chi connectivity index (χ4v) is 2.12. The van der Waals surface area contributed by atoms with Crippen molar-refractivity contribution in [1.29, 1.82) is 0 Å². The van der Waals surface area contributed by atoms with Crippen LogP contribution in [0.4, 0.5) is 0 Å². The zero-order valence-corrected chi connectivity index (χ0v) is 10.7. The molecule has 0 spiro atoms. The number of carbonyl (C=O) groups excluding carboxylic acids is 1. The largest absolute Gasteiger partial charge is 0.380 e. The van der Waals surface area contributed by atoms with Gasteiger partial charge in [0, 0.05) is 32.2 Å². The van der Waals surface area contributed by atoms with Gasteiger partial charge in [0.05, 0.1) is 6.61 Å². The van der Waals surface area contributed by atoms with Crippen molar-refractivity contribution in [2.75, 3.05) is 33.4 Å². The minimum absolute atomic E-state index is 0.197. The molecule has 0 aliphatic carbocycles. The maximum absolute atomic E-state index is 12.1. The van der Waals surface area contributed by atoms with E-state index in [1.54, 1.807) is 4.90 Å². The number of likely N-dealkylation sites (N-methyl/N-ethyl adjacent to an activating group) is 1. The number of rotatable bonds is 5. The predicted molar refractivity (Wildman–Crippen MR) is 64.3 cm³/mol. The molecule has 0 aromatic carbocycles. The standard InChI is InChI=1S/C12H24N2O2/c1-4-16-8-7-14(3)12(15)11-5-6-13-10(2)9-11/h10-11,13H,4-9H2,1-3H3/t10-,11-/m0/s1. The second-order valence-electron chi connectivity index (χ2n) is 4.53. The highest BCUT2D eigenvalue weighted by atomic mass is 16.5. The highest BCUT2D eigenvalue weighted by molar-refractivity contribution is 5.78. The first-order valence-electron chi connectivity index (χ1n) is 6.21. The summed E-state index contributed by atoms with van der Waals surface area (Å²) < 4.78 is 5.26. The Kier molecular flexibility index (Phi) is 5.77.